The summed E-state index contributed by atoms with van der Waals surface area (Å²) in [5.74, 6) is -2.17. The maximum Gasteiger partial charge on any atom is 0.352 e. The van der Waals surface area contributed by atoms with Crippen LogP contribution in [0.4, 0.5) is 5.13 Å². The minimum Gasteiger partial charge on any atom is -0.477 e. The fourth-order valence-electron chi connectivity index (χ4n) is 4.04. The summed E-state index contributed by atoms with van der Waals surface area (Å²) in [6, 6.07) is 6.56. The summed E-state index contributed by atoms with van der Waals surface area (Å²) >= 11 is 5.15. The molecule has 1 saturated heterocycles. The highest BCUT2D eigenvalue weighted by molar-refractivity contribution is 8.02. The minimum absolute atomic E-state index is 0.0248. The molecule has 2 atom stereocenters. The molecule has 3 aromatic rings. The summed E-state index contributed by atoms with van der Waals surface area (Å²) in [4.78, 5) is 82.2. The highest BCUT2D eigenvalue weighted by atomic mass is 32.2. The fraction of sp³-hybridized carbons (Fsp3) is 0.261. The van der Waals surface area contributed by atoms with Crippen molar-refractivity contribution in [2.75, 3.05) is 29.6 Å². The third-order valence-electron chi connectivity index (χ3n) is 5.95. The van der Waals surface area contributed by atoms with Gasteiger partial charge in [0.25, 0.3) is 11.8 Å². The summed E-state index contributed by atoms with van der Waals surface area (Å²) in [5.41, 5.74) is 0.834. The van der Waals surface area contributed by atoms with E-state index in [1.54, 1.807) is 0 Å². The van der Waals surface area contributed by atoms with Gasteiger partial charge >= 0.3 is 13.6 Å². The van der Waals surface area contributed by atoms with Crippen molar-refractivity contribution in [3.63, 3.8) is 0 Å². The van der Waals surface area contributed by atoms with E-state index in [2.05, 4.69) is 25.8 Å². The van der Waals surface area contributed by atoms with Crippen LogP contribution in [0.25, 0.3) is 10.2 Å². The Hall–Kier alpha value is -3.32. The van der Waals surface area contributed by atoms with Crippen LogP contribution in [0.3, 0.4) is 0 Å². The first-order valence-corrected chi connectivity index (χ1v) is 17.7. The molecule has 5 rings (SSSR count). The quantitative estimate of drug-likeness (QED) is 0.0330. The molecular weight excluding hydrogens is 664 g/mol. The van der Waals surface area contributed by atoms with Crippen molar-refractivity contribution in [2.24, 2.45) is 5.16 Å². The van der Waals surface area contributed by atoms with E-state index in [4.69, 9.17) is 14.6 Å². The van der Waals surface area contributed by atoms with Crippen molar-refractivity contribution in [1.29, 1.82) is 0 Å². The number of fused-ring (bicyclic) bond motifs is 2. The van der Waals surface area contributed by atoms with Crippen LogP contribution in [-0.4, -0.2) is 95.4 Å². The number of hydrogen-bond donors (Lipinski definition) is 5. The van der Waals surface area contributed by atoms with Gasteiger partial charge in [0.15, 0.2) is 15.2 Å². The van der Waals surface area contributed by atoms with Gasteiger partial charge < -0.3 is 30.4 Å². The molecule has 1 unspecified atom stereocenters. The largest absolute Gasteiger partial charge is 0.477 e. The molecule has 0 radical (unpaired) electrons. The molecule has 2 aliphatic rings. The van der Waals surface area contributed by atoms with Crippen molar-refractivity contribution < 1.29 is 43.5 Å². The normalized spacial score (nSPS) is 18.7. The average molecular weight is 685 g/mol. The number of aliphatic carboxylic acids is 1. The number of β-lactam (4-membered cyclic amide) rings is 1. The first-order valence-electron chi connectivity index (χ1n) is 12.2. The minimum atomic E-state index is -4.39. The summed E-state index contributed by atoms with van der Waals surface area (Å²) in [7, 11) is -4.39. The monoisotopic (exact) mass is 684 g/mol. The number of nitrogens with zero attached hydrogens (tertiary/aromatic N) is 4. The topological polar surface area (TPSA) is 221 Å². The summed E-state index contributed by atoms with van der Waals surface area (Å²) in [5, 5.41) is 19.4. The van der Waals surface area contributed by atoms with Gasteiger partial charge in [0, 0.05) is 16.9 Å². The second-order valence-electron chi connectivity index (χ2n) is 8.82. The maximum absolute atomic E-state index is 13.2. The second kappa shape index (κ2) is 13.1. The zero-order valence-corrected chi connectivity index (χ0v) is 25.8. The van der Waals surface area contributed by atoms with Gasteiger partial charge in [-0.25, -0.2) is 14.8 Å². The first kappa shape index (κ1) is 31.1. The number of aromatic nitrogens is 2. The number of hydrogen-bond acceptors (Lipinski definition) is 13. The predicted molar refractivity (Wildman–Crippen MR) is 161 cm³/mol. The fourth-order valence-corrected chi connectivity index (χ4v) is 8.57. The molecule has 20 heteroatoms. The number of oxime groups is 1. The Balaban J connectivity index is 1.29. The lowest BCUT2D eigenvalue weighted by atomic mass is 10.0. The highest BCUT2D eigenvalue weighted by Gasteiger charge is 2.54. The number of carbonyl (C=O) groups is 4. The Bertz CT molecular complexity index is 1670. The molecule has 3 amide bonds. The number of carboxylic acid groups (broad SMARTS) is 1. The molecule has 43 heavy (non-hydrogen) atoms. The zero-order chi connectivity index (χ0) is 30.7. The summed E-state index contributed by atoms with van der Waals surface area (Å²) in [6.45, 7) is -0.510. The lowest BCUT2D eigenvalue weighted by Gasteiger charge is -2.49. The number of carbonyl (C=O) groups excluding carboxylic acids is 3. The van der Waals surface area contributed by atoms with Crippen LogP contribution in [0.1, 0.15) is 5.69 Å². The van der Waals surface area contributed by atoms with Gasteiger partial charge in [0.05, 0.1) is 16.4 Å². The Morgan fingerprint density at radius 1 is 1.28 bits per heavy atom. The Morgan fingerprint density at radius 3 is 2.79 bits per heavy atom. The van der Waals surface area contributed by atoms with Gasteiger partial charge in [-0.1, -0.05) is 29.1 Å². The highest BCUT2D eigenvalue weighted by Crippen LogP contribution is 2.42. The molecule has 0 saturated carbocycles. The molecule has 5 N–H and O–H groups in total. The third kappa shape index (κ3) is 7.09. The van der Waals surface area contributed by atoms with Crippen molar-refractivity contribution in [1.82, 2.24) is 20.2 Å². The van der Waals surface area contributed by atoms with Crippen molar-refractivity contribution >= 4 is 99.0 Å². The molecule has 1 aromatic carbocycles. The Kier molecular flexibility index (Phi) is 9.50. The SMILES string of the molecule is O=CNc1nc(C(=NOCCP(=O)(O)O)C(=O)NC2C(=O)N3C(C(=O)O)=C(CSc4nc5ccccc5s4)CS[C@H]23)cs1. The number of para-hydroxylation sites is 1. The van der Waals surface area contributed by atoms with Gasteiger partial charge in [0.2, 0.25) is 6.41 Å². The van der Waals surface area contributed by atoms with Crippen molar-refractivity contribution in [3.05, 3.63) is 46.6 Å². The number of benzene rings is 1. The van der Waals surface area contributed by atoms with Crippen molar-refractivity contribution in [3.8, 4) is 0 Å². The Morgan fingerprint density at radius 2 is 2.07 bits per heavy atom. The van der Waals surface area contributed by atoms with Crippen LogP contribution in [0.5, 0.6) is 0 Å². The summed E-state index contributed by atoms with van der Waals surface area (Å²) in [6.07, 6.45) is -0.267. The van der Waals surface area contributed by atoms with Crippen LogP contribution < -0.4 is 10.6 Å². The Labute approximate surface area is 258 Å². The van der Waals surface area contributed by atoms with Crippen LogP contribution >= 0.6 is 53.8 Å². The van der Waals surface area contributed by atoms with Gasteiger partial charge in [-0.15, -0.1) is 34.4 Å². The van der Waals surface area contributed by atoms with Gasteiger partial charge in [0.1, 0.15) is 29.4 Å². The van der Waals surface area contributed by atoms with Crippen LogP contribution in [0.15, 0.2) is 50.4 Å². The third-order valence-corrected chi connectivity index (χ3v) is 11.1. The van der Waals surface area contributed by atoms with E-state index in [1.807, 2.05) is 24.3 Å². The van der Waals surface area contributed by atoms with Gasteiger partial charge in [-0.05, 0) is 17.7 Å². The number of carboxylic acids is 1. The molecule has 15 nitrogen and oxygen atoms in total. The molecule has 2 aliphatic heterocycles. The molecule has 4 heterocycles. The standard InChI is InChI=1S/C23H21N6O9PS4/c30-10-24-22-25-13(9-41-22)15(28-38-5-6-39(35,36)37)18(31)27-16-19(32)29-17(21(33)34)11(7-40-20(16)29)8-42-23-26-12-3-1-2-4-14(12)43-23/h1-4,9-10,16,20H,5-8H2,(H,27,31)(H,33,34)(H,24,25,30)(H2,35,36,37)/t16?,20-/m1/s1. The second-order valence-corrected chi connectivity index (χ2v) is 14.8. The van der Waals surface area contributed by atoms with Crippen LogP contribution in [0.2, 0.25) is 0 Å². The number of anilines is 1. The van der Waals surface area contributed by atoms with E-state index in [0.29, 0.717) is 23.5 Å². The number of thiazole rings is 2. The molecule has 0 aliphatic carbocycles. The number of rotatable bonds is 13. The summed E-state index contributed by atoms with van der Waals surface area (Å²) < 4.78 is 12.9. The number of thioether (sulfide) groups is 2. The number of amides is 3. The maximum atomic E-state index is 13.2. The first-order chi connectivity index (χ1) is 20.6. The van der Waals surface area contributed by atoms with Gasteiger partial charge in [-0.2, -0.15) is 0 Å². The van der Waals surface area contributed by atoms with E-state index in [9.17, 15) is 28.8 Å². The van der Waals surface area contributed by atoms with E-state index in [1.165, 1.54) is 40.2 Å². The lowest BCUT2D eigenvalue weighted by Crippen LogP contribution is -2.71. The van der Waals surface area contributed by atoms with Crippen molar-refractivity contribution in [2.45, 2.75) is 15.8 Å². The average Bonchev–Trinajstić information content (AvgIpc) is 3.60. The molecule has 0 bridgehead atoms. The number of nitrogens with one attached hydrogen (secondary N) is 2. The van der Waals surface area contributed by atoms with E-state index >= 15 is 0 Å². The molecule has 2 aromatic heterocycles. The smallest absolute Gasteiger partial charge is 0.352 e. The van der Waals surface area contributed by atoms with Crippen LogP contribution in [0, 0.1) is 0 Å². The van der Waals surface area contributed by atoms with Gasteiger partial charge in [-0.3, -0.25) is 23.8 Å². The van der Waals surface area contributed by atoms with E-state index < -0.39 is 55.3 Å². The molecule has 226 valence electrons. The van der Waals surface area contributed by atoms with E-state index in [0.717, 1.165) is 30.8 Å². The molecule has 0 spiro atoms. The lowest BCUT2D eigenvalue weighted by molar-refractivity contribution is -0.150. The van der Waals surface area contributed by atoms with E-state index in [-0.39, 0.29) is 16.5 Å². The molecular formula is C23H21N6O9PS4. The zero-order valence-electron chi connectivity index (χ0n) is 21.6. The molecule has 1 fully saturated rings. The predicted octanol–water partition coefficient (Wildman–Crippen LogP) is 1.75. The van der Waals surface area contributed by atoms with Crippen LogP contribution in [-0.2, 0) is 28.6 Å².